The number of nitrogens with zero attached hydrogens (tertiary/aromatic N) is 3. The van der Waals surface area contributed by atoms with E-state index in [4.69, 9.17) is 4.74 Å². The Morgan fingerprint density at radius 2 is 1.86 bits per heavy atom. The zero-order valence-corrected chi connectivity index (χ0v) is 17.3. The van der Waals surface area contributed by atoms with Crippen LogP contribution in [0.15, 0.2) is 53.7 Å². The van der Waals surface area contributed by atoms with Gasteiger partial charge in [-0.25, -0.2) is 0 Å². The lowest BCUT2D eigenvalue weighted by molar-refractivity contribution is -0.113. The molecule has 3 rings (SSSR count). The van der Waals surface area contributed by atoms with Crippen LogP contribution < -0.4 is 10.1 Å². The molecule has 3 aromatic rings. The van der Waals surface area contributed by atoms with Crippen LogP contribution in [0.3, 0.4) is 0 Å². The first-order valence-electron chi connectivity index (χ1n) is 9.05. The Hall–Kier alpha value is -2.80. The molecule has 0 spiro atoms. The number of amides is 1. The molecule has 0 aliphatic heterocycles. The van der Waals surface area contributed by atoms with Gasteiger partial charge in [0.15, 0.2) is 17.1 Å². The first-order valence-corrected chi connectivity index (χ1v) is 10.0. The summed E-state index contributed by atoms with van der Waals surface area (Å²) in [5.74, 6) is 1.71. The molecule has 0 aliphatic rings. The van der Waals surface area contributed by atoms with Gasteiger partial charge in [-0.1, -0.05) is 47.7 Å². The predicted octanol–water partition coefficient (Wildman–Crippen LogP) is 4.30. The number of aromatic nitrogens is 3. The van der Waals surface area contributed by atoms with Gasteiger partial charge >= 0.3 is 0 Å². The number of rotatable bonds is 7. The van der Waals surface area contributed by atoms with Crippen LogP contribution in [0, 0.1) is 13.8 Å². The Morgan fingerprint density at radius 1 is 1.14 bits per heavy atom. The number of hydrogen-bond donors (Lipinski definition) is 1. The first-order chi connectivity index (χ1) is 13.4. The van der Waals surface area contributed by atoms with E-state index in [1.165, 1.54) is 11.8 Å². The summed E-state index contributed by atoms with van der Waals surface area (Å²) in [5.41, 5.74) is 3.01. The number of carbonyl (C=O) groups excluding carboxylic acids is 1. The largest absolute Gasteiger partial charge is 0.482 e. The van der Waals surface area contributed by atoms with E-state index < -0.39 is 0 Å². The highest BCUT2D eigenvalue weighted by Crippen LogP contribution is 2.25. The van der Waals surface area contributed by atoms with Gasteiger partial charge in [-0.15, -0.1) is 10.2 Å². The second-order valence-electron chi connectivity index (χ2n) is 6.63. The van der Waals surface area contributed by atoms with Crippen LogP contribution in [0.5, 0.6) is 5.75 Å². The molecule has 1 aromatic heterocycles. The quantitative estimate of drug-likeness (QED) is 0.603. The van der Waals surface area contributed by atoms with Crippen LogP contribution in [-0.4, -0.2) is 26.4 Å². The maximum Gasteiger partial charge on any atom is 0.234 e. The normalized spacial score (nSPS) is 11.9. The Kier molecular flexibility index (Phi) is 6.36. The highest BCUT2D eigenvalue weighted by atomic mass is 32.2. The summed E-state index contributed by atoms with van der Waals surface area (Å²) in [4.78, 5) is 12.2. The predicted molar refractivity (Wildman–Crippen MR) is 112 cm³/mol. The number of benzene rings is 2. The Morgan fingerprint density at radius 3 is 2.57 bits per heavy atom. The second-order valence-corrected chi connectivity index (χ2v) is 7.57. The van der Waals surface area contributed by atoms with Gasteiger partial charge in [0.1, 0.15) is 5.75 Å². The van der Waals surface area contributed by atoms with Crippen molar-refractivity contribution in [2.75, 3.05) is 11.1 Å². The topological polar surface area (TPSA) is 69.0 Å². The van der Waals surface area contributed by atoms with E-state index in [1.807, 2.05) is 80.9 Å². The van der Waals surface area contributed by atoms with Crippen molar-refractivity contribution < 1.29 is 9.53 Å². The van der Waals surface area contributed by atoms with Crippen LogP contribution in [0.25, 0.3) is 0 Å². The van der Waals surface area contributed by atoms with E-state index in [2.05, 4.69) is 15.5 Å². The molecule has 1 atom stereocenters. The zero-order chi connectivity index (χ0) is 20.1. The number of aryl methyl sites for hydroxylation is 2. The maximum absolute atomic E-state index is 12.2. The minimum atomic E-state index is -0.255. The Balaban J connectivity index is 1.58. The maximum atomic E-state index is 12.2. The SMILES string of the molecule is Cc1ccc(NC(=O)CSc2nnc(C(C)Oc3ccccc3C)n2C)cc1. The van der Waals surface area contributed by atoms with Crippen molar-refractivity contribution in [3.05, 3.63) is 65.5 Å². The van der Waals surface area contributed by atoms with Gasteiger partial charge in [-0.2, -0.15) is 0 Å². The third-order valence-corrected chi connectivity index (χ3v) is 5.32. The molecule has 0 saturated heterocycles. The van der Waals surface area contributed by atoms with Crippen molar-refractivity contribution in [2.45, 2.75) is 32.0 Å². The fourth-order valence-electron chi connectivity index (χ4n) is 2.70. The number of ether oxygens (including phenoxy) is 1. The van der Waals surface area contributed by atoms with E-state index >= 15 is 0 Å². The van der Waals surface area contributed by atoms with Gasteiger partial charge in [0.05, 0.1) is 5.75 Å². The third kappa shape index (κ3) is 4.92. The molecular formula is C21H24N4O2S. The third-order valence-electron chi connectivity index (χ3n) is 4.30. The molecule has 1 amide bonds. The number of anilines is 1. The Bertz CT molecular complexity index is 953. The van der Waals surface area contributed by atoms with Gasteiger partial charge in [0, 0.05) is 12.7 Å². The molecule has 0 radical (unpaired) electrons. The summed E-state index contributed by atoms with van der Waals surface area (Å²) < 4.78 is 7.90. The first kappa shape index (κ1) is 19.9. The Labute approximate surface area is 169 Å². The van der Waals surface area contributed by atoms with Gasteiger partial charge in [0.2, 0.25) is 5.91 Å². The number of thioether (sulfide) groups is 1. The van der Waals surface area contributed by atoms with Crippen molar-refractivity contribution in [3.63, 3.8) is 0 Å². The molecule has 1 unspecified atom stereocenters. The fraction of sp³-hybridized carbons (Fsp3) is 0.286. The van der Waals surface area contributed by atoms with E-state index in [-0.39, 0.29) is 17.8 Å². The molecule has 6 nitrogen and oxygen atoms in total. The van der Waals surface area contributed by atoms with E-state index in [9.17, 15) is 4.79 Å². The fourth-order valence-corrected chi connectivity index (χ4v) is 3.42. The van der Waals surface area contributed by atoms with Crippen molar-refractivity contribution >= 4 is 23.4 Å². The summed E-state index contributed by atoms with van der Waals surface area (Å²) in [5, 5.41) is 12.0. The molecule has 146 valence electrons. The lowest BCUT2D eigenvalue weighted by Gasteiger charge is -2.15. The minimum Gasteiger partial charge on any atom is -0.482 e. The highest BCUT2D eigenvalue weighted by Gasteiger charge is 2.18. The van der Waals surface area contributed by atoms with Crippen LogP contribution in [0.4, 0.5) is 5.69 Å². The lowest BCUT2D eigenvalue weighted by atomic mass is 10.2. The number of carbonyl (C=O) groups is 1. The standard InChI is InChI=1S/C21H24N4O2S/c1-14-9-11-17(12-10-14)22-19(26)13-28-21-24-23-20(25(21)4)16(3)27-18-8-6-5-7-15(18)2/h5-12,16H,13H2,1-4H3,(H,22,26). The van der Waals surface area contributed by atoms with Gasteiger partial charge in [0.25, 0.3) is 0 Å². The number of nitrogens with one attached hydrogen (secondary N) is 1. The van der Waals surface area contributed by atoms with Crippen LogP contribution in [-0.2, 0) is 11.8 Å². The summed E-state index contributed by atoms with van der Waals surface area (Å²) in [6.45, 7) is 5.96. The van der Waals surface area contributed by atoms with Gasteiger partial charge in [-0.3, -0.25) is 4.79 Å². The molecule has 7 heteroatoms. The molecule has 28 heavy (non-hydrogen) atoms. The van der Waals surface area contributed by atoms with Gasteiger partial charge < -0.3 is 14.6 Å². The van der Waals surface area contributed by atoms with E-state index in [0.29, 0.717) is 11.0 Å². The van der Waals surface area contributed by atoms with Crippen molar-refractivity contribution in [1.29, 1.82) is 0 Å². The summed E-state index contributed by atoms with van der Waals surface area (Å²) >= 11 is 1.35. The number of para-hydroxylation sites is 1. The molecule has 2 aromatic carbocycles. The average molecular weight is 397 g/mol. The molecule has 0 bridgehead atoms. The van der Waals surface area contributed by atoms with E-state index in [1.54, 1.807) is 0 Å². The highest BCUT2D eigenvalue weighted by molar-refractivity contribution is 7.99. The molecule has 0 aliphatic carbocycles. The smallest absolute Gasteiger partial charge is 0.234 e. The van der Waals surface area contributed by atoms with Crippen LogP contribution in [0.1, 0.15) is 30.0 Å². The van der Waals surface area contributed by atoms with Crippen molar-refractivity contribution in [1.82, 2.24) is 14.8 Å². The number of hydrogen-bond acceptors (Lipinski definition) is 5. The van der Waals surface area contributed by atoms with Gasteiger partial charge in [-0.05, 0) is 44.5 Å². The van der Waals surface area contributed by atoms with Crippen LogP contribution in [0.2, 0.25) is 0 Å². The average Bonchev–Trinajstić information content (AvgIpc) is 3.04. The van der Waals surface area contributed by atoms with Crippen molar-refractivity contribution in [3.8, 4) is 5.75 Å². The second kappa shape index (κ2) is 8.93. The summed E-state index contributed by atoms with van der Waals surface area (Å²) in [7, 11) is 1.88. The zero-order valence-electron chi connectivity index (χ0n) is 16.5. The summed E-state index contributed by atoms with van der Waals surface area (Å²) in [6, 6.07) is 15.6. The monoisotopic (exact) mass is 396 g/mol. The molecule has 1 N–H and O–H groups in total. The van der Waals surface area contributed by atoms with E-state index in [0.717, 1.165) is 22.6 Å². The molecule has 1 heterocycles. The van der Waals surface area contributed by atoms with Crippen LogP contribution >= 0.6 is 11.8 Å². The molecular weight excluding hydrogens is 372 g/mol. The lowest BCUT2D eigenvalue weighted by Crippen LogP contribution is -2.15. The molecule has 0 saturated carbocycles. The minimum absolute atomic E-state index is 0.0809. The summed E-state index contributed by atoms with van der Waals surface area (Å²) in [6.07, 6.45) is -0.255. The molecule has 0 fully saturated rings. The van der Waals surface area contributed by atoms with Crippen molar-refractivity contribution in [2.24, 2.45) is 7.05 Å².